The number of anilines is 1. The standard InChI is InChI=1S/C23H20N4O5S/c1-31-18-10-11-19(32-2)22-21(18)25-23(33-22)26(14-16-5-3-4-12-24-16)20(28)13-15-6-8-17(9-7-15)27(29)30/h3-12H,13-14H2,1-2H3. The molecule has 0 radical (unpaired) electrons. The number of fused-ring (bicyclic) bond motifs is 1. The van der Waals surface area contributed by atoms with Crippen molar-refractivity contribution in [2.24, 2.45) is 0 Å². The zero-order chi connectivity index (χ0) is 23.4. The Kier molecular flexibility index (Phi) is 6.45. The molecule has 0 bridgehead atoms. The number of rotatable bonds is 8. The molecule has 0 saturated heterocycles. The van der Waals surface area contributed by atoms with Crippen LogP contribution in [0.5, 0.6) is 11.5 Å². The Morgan fingerprint density at radius 1 is 1.06 bits per heavy atom. The normalized spacial score (nSPS) is 10.7. The van der Waals surface area contributed by atoms with E-state index in [9.17, 15) is 14.9 Å². The number of ether oxygens (including phenoxy) is 2. The number of pyridine rings is 1. The van der Waals surface area contributed by atoms with Gasteiger partial charge in [-0.3, -0.25) is 24.8 Å². The zero-order valence-corrected chi connectivity index (χ0v) is 18.7. The van der Waals surface area contributed by atoms with Gasteiger partial charge in [-0.2, -0.15) is 0 Å². The molecule has 168 valence electrons. The second kappa shape index (κ2) is 9.61. The number of aromatic nitrogens is 2. The number of methoxy groups -OCH3 is 2. The summed E-state index contributed by atoms with van der Waals surface area (Å²) in [7, 11) is 3.14. The van der Waals surface area contributed by atoms with Crippen LogP contribution in [0, 0.1) is 10.1 Å². The molecule has 9 nitrogen and oxygen atoms in total. The fourth-order valence-electron chi connectivity index (χ4n) is 3.31. The summed E-state index contributed by atoms with van der Waals surface area (Å²) in [5.41, 5.74) is 1.94. The van der Waals surface area contributed by atoms with Gasteiger partial charge in [0, 0.05) is 18.3 Å². The van der Waals surface area contributed by atoms with E-state index in [2.05, 4.69) is 4.98 Å². The molecule has 0 saturated carbocycles. The van der Waals surface area contributed by atoms with E-state index in [4.69, 9.17) is 14.5 Å². The van der Waals surface area contributed by atoms with Gasteiger partial charge in [-0.1, -0.05) is 29.5 Å². The smallest absolute Gasteiger partial charge is 0.269 e. The van der Waals surface area contributed by atoms with Crippen molar-refractivity contribution in [2.75, 3.05) is 19.1 Å². The van der Waals surface area contributed by atoms with Crippen molar-refractivity contribution in [2.45, 2.75) is 13.0 Å². The minimum Gasteiger partial charge on any atom is -0.495 e. The third-order valence-corrected chi connectivity index (χ3v) is 6.07. The maximum atomic E-state index is 13.4. The van der Waals surface area contributed by atoms with E-state index in [1.165, 1.54) is 23.5 Å². The minimum atomic E-state index is -0.471. The SMILES string of the molecule is COc1ccc(OC)c2sc(N(Cc3ccccn3)C(=O)Cc3ccc([N+](=O)[O-])cc3)nc12. The van der Waals surface area contributed by atoms with Gasteiger partial charge in [0.15, 0.2) is 5.13 Å². The molecule has 0 atom stereocenters. The number of carbonyl (C=O) groups excluding carboxylic acids is 1. The van der Waals surface area contributed by atoms with Gasteiger partial charge in [0.25, 0.3) is 5.69 Å². The molecule has 0 N–H and O–H groups in total. The van der Waals surface area contributed by atoms with Crippen molar-refractivity contribution in [3.63, 3.8) is 0 Å². The number of hydrogen-bond acceptors (Lipinski definition) is 8. The van der Waals surface area contributed by atoms with E-state index in [1.807, 2.05) is 12.1 Å². The largest absolute Gasteiger partial charge is 0.495 e. The van der Waals surface area contributed by atoms with Crippen molar-refractivity contribution in [3.05, 3.63) is 82.2 Å². The molecule has 0 aliphatic carbocycles. The monoisotopic (exact) mass is 464 g/mol. The van der Waals surface area contributed by atoms with Gasteiger partial charge in [-0.05, 0) is 29.8 Å². The Hall–Kier alpha value is -4.05. The Balaban J connectivity index is 1.72. The van der Waals surface area contributed by atoms with E-state index in [0.717, 1.165) is 4.70 Å². The summed E-state index contributed by atoms with van der Waals surface area (Å²) >= 11 is 1.32. The molecule has 4 rings (SSSR count). The molecule has 0 spiro atoms. The molecule has 2 aromatic heterocycles. The van der Waals surface area contributed by atoms with Gasteiger partial charge < -0.3 is 9.47 Å². The first-order valence-corrected chi connectivity index (χ1v) is 10.8. The summed E-state index contributed by atoms with van der Waals surface area (Å²) in [6.45, 7) is 0.219. The average Bonchev–Trinajstić information content (AvgIpc) is 3.28. The molecule has 2 aromatic carbocycles. The maximum Gasteiger partial charge on any atom is 0.269 e. The van der Waals surface area contributed by atoms with Gasteiger partial charge in [-0.25, -0.2) is 4.98 Å². The van der Waals surface area contributed by atoms with Gasteiger partial charge in [0.05, 0.1) is 37.8 Å². The maximum absolute atomic E-state index is 13.4. The number of non-ortho nitro benzene ring substituents is 1. The van der Waals surface area contributed by atoms with E-state index in [-0.39, 0.29) is 24.6 Å². The van der Waals surface area contributed by atoms with E-state index >= 15 is 0 Å². The molecule has 33 heavy (non-hydrogen) atoms. The van der Waals surface area contributed by atoms with Crippen molar-refractivity contribution < 1.29 is 19.2 Å². The van der Waals surface area contributed by atoms with Crippen LogP contribution in [0.3, 0.4) is 0 Å². The number of nitro groups is 1. The Labute approximate surface area is 193 Å². The number of amides is 1. The van der Waals surface area contributed by atoms with Crippen molar-refractivity contribution >= 4 is 38.3 Å². The van der Waals surface area contributed by atoms with Crippen LogP contribution in [0.25, 0.3) is 10.2 Å². The van der Waals surface area contributed by atoms with Gasteiger partial charge in [-0.15, -0.1) is 0 Å². The number of carbonyl (C=O) groups is 1. The second-order valence-electron chi connectivity index (χ2n) is 7.05. The molecule has 0 aliphatic rings. The number of nitro benzene ring substituents is 1. The summed E-state index contributed by atoms with van der Waals surface area (Å²) in [4.78, 5) is 34.4. The fraction of sp³-hybridized carbons (Fsp3) is 0.174. The first-order chi connectivity index (χ1) is 16.0. The Morgan fingerprint density at radius 3 is 2.42 bits per heavy atom. The van der Waals surface area contributed by atoms with Gasteiger partial charge in [0.2, 0.25) is 5.91 Å². The van der Waals surface area contributed by atoms with Crippen LogP contribution in [-0.2, 0) is 17.8 Å². The highest BCUT2D eigenvalue weighted by atomic mass is 32.1. The van der Waals surface area contributed by atoms with Gasteiger partial charge >= 0.3 is 0 Å². The van der Waals surface area contributed by atoms with Crippen LogP contribution in [0.2, 0.25) is 0 Å². The van der Waals surface area contributed by atoms with E-state index in [0.29, 0.717) is 33.4 Å². The Morgan fingerprint density at radius 2 is 1.79 bits per heavy atom. The zero-order valence-electron chi connectivity index (χ0n) is 17.9. The van der Waals surface area contributed by atoms with Crippen molar-refractivity contribution in [1.29, 1.82) is 0 Å². The van der Waals surface area contributed by atoms with Crippen molar-refractivity contribution in [3.8, 4) is 11.5 Å². The predicted molar refractivity (Wildman–Crippen MR) is 125 cm³/mol. The predicted octanol–water partition coefficient (Wildman–Crippen LogP) is 4.39. The molecular weight excluding hydrogens is 444 g/mol. The fourth-order valence-corrected chi connectivity index (χ4v) is 4.40. The summed E-state index contributed by atoms with van der Waals surface area (Å²) in [5.74, 6) is 0.996. The number of thiazole rings is 1. The highest BCUT2D eigenvalue weighted by Gasteiger charge is 2.23. The lowest BCUT2D eigenvalue weighted by molar-refractivity contribution is -0.384. The molecule has 0 aliphatic heterocycles. The summed E-state index contributed by atoms with van der Waals surface area (Å²) in [6.07, 6.45) is 1.72. The first kappa shape index (κ1) is 22.2. The van der Waals surface area contributed by atoms with Crippen LogP contribution < -0.4 is 14.4 Å². The lowest BCUT2D eigenvalue weighted by atomic mass is 10.1. The summed E-state index contributed by atoms with van der Waals surface area (Å²) in [6, 6.07) is 15.0. The molecule has 0 fully saturated rings. The van der Waals surface area contributed by atoms with Crippen LogP contribution in [0.4, 0.5) is 10.8 Å². The third-order valence-electron chi connectivity index (χ3n) is 4.98. The van der Waals surface area contributed by atoms with Crippen LogP contribution in [0.1, 0.15) is 11.3 Å². The van der Waals surface area contributed by atoms with Crippen LogP contribution in [0.15, 0.2) is 60.8 Å². The van der Waals surface area contributed by atoms with E-state index in [1.54, 1.807) is 55.6 Å². The topological polar surface area (TPSA) is 108 Å². The molecule has 10 heteroatoms. The minimum absolute atomic E-state index is 0.0260. The van der Waals surface area contributed by atoms with Crippen LogP contribution >= 0.6 is 11.3 Å². The number of nitrogens with zero attached hydrogens (tertiary/aromatic N) is 4. The van der Waals surface area contributed by atoms with Crippen molar-refractivity contribution in [1.82, 2.24) is 9.97 Å². The third kappa shape index (κ3) is 4.75. The summed E-state index contributed by atoms with van der Waals surface area (Å²) < 4.78 is 11.7. The molecule has 1 amide bonds. The highest BCUT2D eigenvalue weighted by Crippen LogP contribution is 2.40. The summed E-state index contributed by atoms with van der Waals surface area (Å²) in [5, 5.41) is 11.4. The highest BCUT2D eigenvalue weighted by molar-refractivity contribution is 7.22. The number of hydrogen-bond donors (Lipinski definition) is 0. The van der Waals surface area contributed by atoms with Gasteiger partial charge in [0.1, 0.15) is 21.7 Å². The lowest BCUT2D eigenvalue weighted by Gasteiger charge is -2.19. The Bertz CT molecular complexity index is 1250. The molecule has 0 unspecified atom stereocenters. The number of benzene rings is 2. The average molecular weight is 465 g/mol. The quantitative estimate of drug-likeness (QED) is 0.281. The first-order valence-electron chi connectivity index (χ1n) is 9.95. The molecular formula is C23H20N4O5S. The molecule has 4 aromatic rings. The van der Waals surface area contributed by atoms with Crippen LogP contribution in [-0.4, -0.2) is 35.0 Å². The second-order valence-corrected chi connectivity index (χ2v) is 8.02. The van der Waals surface area contributed by atoms with E-state index < -0.39 is 4.92 Å². The lowest BCUT2D eigenvalue weighted by Crippen LogP contribution is -2.32. The molecule has 2 heterocycles.